The van der Waals surface area contributed by atoms with Crippen LogP contribution in [0.4, 0.5) is 5.69 Å². The van der Waals surface area contributed by atoms with Gasteiger partial charge in [-0.05, 0) is 48.0 Å². The monoisotopic (exact) mass is 410 g/mol. The molecule has 1 N–H and O–H groups in total. The van der Waals surface area contributed by atoms with E-state index in [1.807, 2.05) is 30.3 Å². The van der Waals surface area contributed by atoms with E-state index >= 15 is 0 Å². The molecular weight excluding hydrogens is 388 g/mol. The molecule has 3 aromatic carbocycles. The summed E-state index contributed by atoms with van der Waals surface area (Å²) in [6.07, 6.45) is 0. The van der Waals surface area contributed by atoms with Crippen molar-refractivity contribution in [1.29, 1.82) is 0 Å². The molecule has 29 heavy (non-hydrogen) atoms. The molecule has 0 bridgehead atoms. The van der Waals surface area contributed by atoms with Crippen molar-refractivity contribution in [3.8, 4) is 5.75 Å². The maximum Gasteiger partial charge on any atom is 0.264 e. The summed E-state index contributed by atoms with van der Waals surface area (Å²) in [5, 5.41) is 2.80. The fourth-order valence-electron chi connectivity index (χ4n) is 2.80. The molecule has 6 nitrogen and oxygen atoms in total. The molecule has 0 unspecified atom stereocenters. The van der Waals surface area contributed by atoms with Crippen LogP contribution in [-0.4, -0.2) is 28.5 Å². The number of nitrogens with one attached hydrogen (secondary N) is 1. The van der Waals surface area contributed by atoms with Crippen LogP contribution >= 0.6 is 0 Å². The molecular formula is C22H22N2O4S. The highest BCUT2D eigenvalue weighted by Crippen LogP contribution is 2.22. The molecule has 0 aromatic heterocycles. The number of nitrogens with zero attached hydrogens (tertiary/aromatic N) is 1. The average molecular weight is 410 g/mol. The molecule has 1 amide bonds. The lowest BCUT2D eigenvalue weighted by Gasteiger charge is -2.19. The Morgan fingerprint density at radius 1 is 0.966 bits per heavy atom. The van der Waals surface area contributed by atoms with Gasteiger partial charge < -0.3 is 10.1 Å². The fraction of sp³-hybridized carbons (Fsp3) is 0.136. The molecule has 0 radical (unpaired) electrons. The van der Waals surface area contributed by atoms with Gasteiger partial charge in [-0.3, -0.25) is 9.10 Å². The van der Waals surface area contributed by atoms with Gasteiger partial charge in [0.15, 0.2) is 0 Å². The average Bonchev–Trinajstić information content (AvgIpc) is 2.77. The quantitative estimate of drug-likeness (QED) is 0.647. The van der Waals surface area contributed by atoms with Crippen LogP contribution in [0.3, 0.4) is 0 Å². The number of sulfonamides is 1. The van der Waals surface area contributed by atoms with Crippen molar-refractivity contribution < 1.29 is 17.9 Å². The standard InChI is InChI=1S/C22H22N2O4S/c1-24(19-10-4-3-5-11-19)29(26,27)21-13-7-9-18(15-21)22(25)23-16-17-8-6-12-20(14-17)28-2/h3-15H,16H2,1-2H3,(H,23,25). The Hall–Kier alpha value is -3.32. The van der Waals surface area contributed by atoms with Gasteiger partial charge in [0.1, 0.15) is 5.75 Å². The summed E-state index contributed by atoms with van der Waals surface area (Å²) >= 11 is 0. The molecule has 3 aromatic rings. The van der Waals surface area contributed by atoms with E-state index in [-0.39, 0.29) is 16.4 Å². The van der Waals surface area contributed by atoms with E-state index in [2.05, 4.69) is 5.32 Å². The van der Waals surface area contributed by atoms with Crippen molar-refractivity contribution in [1.82, 2.24) is 5.32 Å². The normalized spacial score (nSPS) is 11.0. The van der Waals surface area contributed by atoms with E-state index < -0.39 is 10.0 Å². The number of benzene rings is 3. The van der Waals surface area contributed by atoms with Crippen LogP contribution in [0, 0.1) is 0 Å². The Balaban J connectivity index is 1.77. The first-order chi connectivity index (χ1) is 13.9. The first-order valence-electron chi connectivity index (χ1n) is 8.97. The van der Waals surface area contributed by atoms with Crippen LogP contribution in [0.5, 0.6) is 5.75 Å². The number of para-hydroxylation sites is 1. The highest BCUT2D eigenvalue weighted by atomic mass is 32.2. The first-order valence-corrected chi connectivity index (χ1v) is 10.4. The molecule has 0 saturated carbocycles. The minimum Gasteiger partial charge on any atom is -0.497 e. The van der Waals surface area contributed by atoms with Gasteiger partial charge in [-0.2, -0.15) is 0 Å². The van der Waals surface area contributed by atoms with Gasteiger partial charge in [0.25, 0.3) is 15.9 Å². The smallest absolute Gasteiger partial charge is 0.264 e. The SMILES string of the molecule is COc1cccc(CNC(=O)c2cccc(S(=O)(=O)N(C)c3ccccc3)c2)c1. The Labute approximate surface area is 170 Å². The van der Waals surface area contributed by atoms with Crippen LogP contribution < -0.4 is 14.4 Å². The van der Waals surface area contributed by atoms with Crippen LogP contribution in [-0.2, 0) is 16.6 Å². The van der Waals surface area contributed by atoms with E-state index in [9.17, 15) is 13.2 Å². The number of hydrogen-bond donors (Lipinski definition) is 1. The minimum atomic E-state index is -3.79. The topological polar surface area (TPSA) is 75.7 Å². The molecule has 0 spiro atoms. The Morgan fingerprint density at radius 3 is 2.41 bits per heavy atom. The predicted octanol–water partition coefficient (Wildman–Crippen LogP) is 3.45. The van der Waals surface area contributed by atoms with Gasteiger partial charge >= 0.3 is 0 Å². The van der Waals surface area contributed by atoms with Gasteiger partial charge in [0.2, 0.25) is 0 Å². The first kappa shape index (κ1) is 20.4. The maximum atomic E-state index is 12.9. The number of ether oxygens (including phenoxy) is 1. The number of rotatable bonds is 7. The van der Waals surface area contributed by atoms with Crippen molar-refractivity contribution in [2.45, 2.75) is 11.4 Å². The Kier molecular flexibility index (Phi) is 6.19. The molecule has 0 aliphatic rings. The fourth-order valence-corrected chi connectivity index (χ4v) is 4.04. The highest BCUT2D eigenvalue weighted by molar-refractivity contribution is 7.92. The molecule has 0 fully saturated rings. The second-order valence-corrected chi connectivity index (χ2v) is 8.34. The van der Waals surface area contributed by atoms with Gasteiger partial charge in [-0.1, -0.05) is 36.4 Å². The lowest BCUT2D eigenvalue weighted by Crippen LogP contribution is -2.27. The Morgan fingerprint density at radius 2 is 1.69 bits per heavy atom. The molecule has 0 aliphatic heterocycles. The molecule has 0 saturated heterocycles. The Bertz CT molecular complexity index is 1100. The maximum absolute atomic E-state index is 12.9. The van der Waals surface area contributed by atoms with Crippen LogP contribution in [0.1, 0.15) is 15.9 Å². The van der Waals surface area contributed by atoms with Crippen molar-refractivity contribution >= 4 is 21.6 Å². The second-order valence-electron chi connectivity index (χ2n) is 6.37. The summed E-state index contributed by atoms with van der Waals surface area (Å²) in [6, 6.07) is 22.2. The zero-order chi connectivity index (χ0) is 20.9. The third-order valence-corrected chi connectivity index (χ3v) is 6.24. The third kappa shape index (κ3) is 4.75. The summed E-state index contributed by atoms with van der Waals surface area (Å²) < 4.78 is 32.2. The van der Waals surface area contributed by atoms with Crippen molar-refractivity contribution in [3.63, 3.8) is 0 Å². The second kappa shape index (κ2) is 8.79. The number of hydrogen-bond acceptors (Lipinski definition) is 4. The summed E-state index contributed by atoms with van der Waals surface area (Å²) in [4.78, 5) is 12.6. The van der Waals surface area contributed by atoms with Gasteiger partial charge in [-0.25, -0.2) is 8.42 Å². The predicted molar refractivity (Wildman–Crippen MR) is 113 cm³/mol. The van der Waals surface area contributed by atoms with E-state index in [0.29, 0.717) is 18.0 Å². The summed E-state index contributed by atoms with van der Waals surface area (Å²) in [6.45, 7) is 0.303. The van der Waals surface area contributed by atoms with Gasteiger partial charge in [0, 0.05) is 19.2 Å². The number of amides is 1. The largest absolute Gasteiger partial charge is 0.497 e. The molecule has 3 rings (SSSR count). The molecule has 0 atom stereocenters. The highest BCUT2D eigenvalue weighted by Gasteiger charge is 2.22. The number of anilines is 1. The van der Waals surface area contributed by atoms with E-state index in [4.69, 9.17) is 4.74 Å². The van der Waals surface area contributed by atoms with Crippen LogP contribution in [0.2, 0.25) is 0 Å². The minimum absolute atomic E-state index is 0.0536. The van der Waals surface area contributed by atoms with Crippen molar-refractivity contribution in [2.75, 3.05) is 18.5 Å². The summed E-state index contributed by atoms with van der Waals surface area (Å²) in [7, 11) is -0.722. The van der Waals surface area contributed by atoms with Crippen molar-refractivity contribution in [3.05, 3.63) is 90.0 Å². The summed E-state index contributed by atoms with van der Waals surface area (Å²) in [5.74, 6) is 0.348. The number of carbonyl (C=O) groups is 1. The molecule has 150 valence electrons. The summed E-state index contributed by atoms with van der Waals surface area (Å²) in [5.41, 5.74) is 1.70. The lowest BCUT2D eigenvalue weighted by atomic mass is 10.2. The van der Waals surface area contributed by atoms with Crippen LogP contribution in [0.15, 0.2) is 83.8 Å². The molecule has 0 heterocycles. The zero-order valence-corrected chi connectivity index (χ0v) is 17.0. The molecule has 0 aliphatic carbocycles. The number of carbonyl (C=O) groups excluding carboxylic acids is 1. The van der Waals surface area contributed by atoms with Gasteiger partial charge in [-0.15, -0.1) is 0 Å². The van der Waals surface area contributed by atoms with E-state index in [1.165, 1.54) is 23.5 Å². The van der Waals surface area contributed by atoms with Crippen molar-refractivity contribution in [2.24, 2.45) is 0 Å². The van der Waals surface area contributed by atoms with E-state index in [1.54, 1.807) is 43.5 Å². The van der Waals surface area contributed by atoms with Gasteiger partial charge in [0.05, 0.1) is 17.7 Å². The third-order valence-electron chi connectivity index (χ3n) is 4.46. The number of methoxy groups -OCH3 is 1. The lowest BCUT2D eigenvalue weighted by molar-refractivity contribution is 0.0950. The zero-order valence-electron chi connectivity index (χ0n) is 16.2. The molecule has 7 heteroatoms. The van der Waals surface area contributed by atoms with E-state index in [0.717, 1.165) is 5.56 Å². The van der Waals surface area contributed by atoms with Crippen LogP contribution in [0.25, 0.3) is 0 Å².